The van der Waals surface area contributed by atoms with Gasteiger partial charge >= 0.3 is 12.3 Å². The summed E-state index contributed by atoms with van der Waals surface area (Å²) in [6.45, 7) is -2.39. The van der Waals surface area contributed by atoms with Crippen LogP contribution in [-0.4, -0.2) is 18.2 Å². The van der Waals surface area contributed by atoms with E-state index in [1.165, 1.54) is 0 Å². The second-order valence-corrected chi connectivity index (χ2v) is 6.42. The molecule has 0 saturated carbocycles. The molecule has 1 aliphatic rings. The van der Waals surface area contributed by atoms with Crippen molar-refractivity contribution in [1.82, 2.24) is 0 Å². The van der Waals surface area contributed by atoms with Crippen molar-refractivity contribution in [3.05, 3.63) is 0 Å². The highest BCUT2D eigenvalue weighted by Crippen LogP contribution is 2.68. The van der Waals surface area contributed by atoms with E-state index >= 15 is 0 Å². The van der Waals surface area contributed by atoms with Crippen molar-refractivity contribution in [3.63, 3.8) is 0 Å². The van der Waals surface area contributed by atoms with Crippen LogP contribution in [0.4, 0.5) is 13.2 Å². The molecule has 1 saturated heterocycles. The highest BCUT2D eigenvalue weighted by atomic mass is 32.7. The molecule has 0 aromatic heterocycles. The van der Waals surface area contributed by atoms with Crippen LogP contribution in [0, 0.1) is 0 Å². The molecule has 3 nitrogen and oxygen atoms in total. The van der Waals surface area contributed by atoms with Gasteiger partial charge in [0.15, 0.2) is 0 Å². The van der Waals surface area contributed by atoms with Crippen LogP contribution in [0.15, 0.2) is 0 Å². The Morgan fingerprint density at radius 2 is 2.15 bits per heavy atom. The van der Waals surface area contributed by atoms with E-state index < -0.39 is 29.8 Å². The number of hydrogen-bond acceptors (Lipinski definition) is 4. The average Bonchev–Trinajstić information content (AvgIpc) is 1.79. The molecular formula is C5H8F3O3PS. The molecule has 78 valence electrons. The first-order chi connectivity index (χ1) is 5.81. The Morgan fingerprint density at radius 3 is 2.62 bits per heavy atom. The van der Waals surface area contributed by atoms with Gasteiger partial charge in [-0.1, -0.05) is 0 Å². The summed E-state index contributed by atoms with van der Waals surface area (Å²) in [6, 6.07) is 0. The van der Waals surface area contributed by atoms with E-state index in [1.54, 1.807) is 6.92 Å². The standard InChI is InChI=1S/C5H8F3O3PS/c1-4-2-3-10-12(9,11-4)13-5(6,7)8/h4H,2-3H2,1H3/t4-,12-/m0/s1. The molecule has 1 aliphatic heterocycles. The van der Waals surface area contributed by atoms with E-state index in [0.717, 1.165) is 0 Å². The van der Waals surface area contributed by atoms with Crippen molar-refractivity contribution in [3.8, 4) is 0 Å². The summed E-state index contributed by atoms with van der Waals surface area (Å²) in [7, 11) is 0. The minimum absolute atomic E-state index is 0.0432. The third-order valence-electron chi connectivity index (χ3n) is 1.30. The van der Waals surface area contributed by atoms with Crippen LogP contribution < -0.4 is 0 Å². The van der Waals surface area contributed by atoms with Crippen LogP contribution in [0.2, 0.25) is 0 Å². The van der Waals surface area contributed by atoms with E-state index in [4.69, 9.17) is 0 Å². The molecule has 0 bridgehead atoms. The number of rotatable bonds is 1. The van der Waals surface area contributed by atoms with E-state index in [-0.39, 0.29) is 6.61 Å². The van der Waals surface area contributed by atoms with E-state index in [2.05, 4.69) is 9.05 Å². The van der Waals surface area contributed by atoms with Crippen LogP contribution in [0.1, 0.15) is 13.3 Å². The Labute approximate surface area is 77.3 Å². The van der Waals surface area contributed by atoms with Crippen molar-refractivity contribution in [2.75, 3.05) is 6.61 Å². The Morgan fingerprint density at radius 1 is 1.54 bits per heavy atom. The minimum atomic E-state index is -4.59. The van der Waals surface area contributed by atoms with E-state index in [1.807, 2.05) is 0 Å². The minimum Gasteiger partial charge on any atom is -0.300 e. The number of hydrogen-bond donors (Lipinski definition) is 0. The van der Waals surface area contributed by atoms with Crippen molar-refractivity contribution < 1.29 is 26.8 Å². The summed E-state index contributed by atoms with van der Waals surface area (Å²) in [4.78, 5) is 0. The maximum Gasteiger partial charge on any atom is 0.452 e. The maximum absolute atomic E-state index is 11.8. The molecule has 13 heavy (non-hydrogen) atoms. The predicted molar refractivity (Wildman–Crippen MR) is 42.4 cm³/mol. The predicted octanol–water partition coefficient (Wildman–Crippen LogP) is 3.17. The Bertz CT molecular complexity index is 232. The largest absolute Gasteiger partial charge is 0.452 e. The molecule has 0 spiro atoms. The number of alkyl halides is 3. The van der Waals surface area contributed by atoms with Gasteiger partial charge in [0, 0.05) is 0 Å². The molecule has 0 aromatic rings. The van der Waals surface area contributed by atoms with Crippen molar-refractivity contribution in [1.29, 1.82) is 0 Å². The zero-order valence-corrected chi connectivity index (χ0v) is 8.42. The normalized spacial score (nSPS) is 36.2. The second kappa shape index (κ2) is 3.81. The molecule has 0 radical (unpaired) electrons. The summed E-state index contributed by atoms with van der Waals surface area (Å²) in [5.41, 5.74) is -4.59. The molecule has 1 fully saturated rings. The van der Waals surface area contributed by atoms with E-state index in [0.29, 0.717) is 6.42 Å². The fourth-order valence-electron chi connectivity index (χ4n) is 0.809. The third-order valence-corrected chi connectivity index (χ3v) is 4.71. The Kier molecular flexibility index (Phi) is 3.33. The first-order valence-electron chi connectivity index (χ1n) is 3.51. The van der Waals surface area contributed by atoms with Gasteiger partial charge in [-0.2, -0.15) is 13.2 Å². The van der Waals surface area contributed by atoms with E-state index in [9.17, 15) is 17.7 Å². The van der Waals surface area contributed by atoms with Gasteiger partial charge in [0.05, 0.1) is 24.1 Å². The molecule has 8 heteroatoms. The van der Waals surface area contributed by atoms with Gasteiger partial charge in [-0.05, 0) is 13.3 Å². The van der Waals surface area contributed by atoms with Gasteiger partial charge in [0.2, 0.25) is 0 Å². The first-order valence-corrected chi connectivity index (χ1v) is 6.48. The van der Waals surface area contributed by atoms with Crippen molar-refractivity contribution in [2.24, 2.45) is 0 Å². The summed E-state index contributed by atoms with van der Waals surface area (Å²) in [5, 5.41) is 0. The molecule has 0 amide bonds. The van der Waals surface area contributed by atoms with Gasteiger partial charge in [-0.15, -0.1) is 0 Å². The number of halogens is 3. The lowest BCUT2D eigenvalue weighted by atomic mass is 10.3. The van der Waals surface area contributed by atoms with Crippen molar-refractivity contribution >= 4 is 18.2 Å². The lowest BCUT2D eigenvalue weighted by Gasteiger charge is -2.26. The van der Waals surface area contributed by atoms with Crippen molar-refractivity contribution in [2.45, 2.75) is 25.0 Å². The molecule has 0 aromatic carbocycles. The molecular weight excluding hydrogens is 228 g/mol. The average molecular weight is 236 g/mol. The molecule has 0 N–H and O–H groups in total. The van der Waals surface area contributed by atoms with Gasteiger partial charge in [-0.3, -0.25) is 4.52 Å². The fraction of sp³-hybridized carbons (Fsp3) is 1.00. The summed E-state index contributed by atoms with van der Waals surface area (Å²) in [6.07, 6.45) is 0.0111. The Balaban J connectivity index is 2.60. The van der Waals surface area contributed by atoms with Crippen LogP contribution in [0.25, 0.3) is 0 Å². The Hall–Kier alpha value is 0.290. The fourth-order valence-corrected chi connectivity index (χ4v) is 3.81. The lowest BCUT2D eigenvalue weighted by Crippen LogP contribution is -2.17. The molecule has 0 aliphatic carbocycles. The molecule has 1 rings (SSSR count). The van der Waals surface area contributed by atoms with Gasteiger partial charge in [-0.25, -0.2) is 4.57 Å². The maximum atomic E-state index is 11.8. The van der Waals surface area contributed by atoms with Crippen LogP contribution in [-0.2, 0) is 13.6 Å². The zero-order chi connectivity index (χ0) is 10.1. The van der Waals surface area contributed by atoms with Gasteiger partial charge in [0.1, 0.15) is 0 Å². The summed E-state index contributed by atoms with van der Waals surface area (Å²) < 4.78 is 55.9. The van der Waals surface area contributed by atoms with Crippen LogP contribution in [0.3, 0.4) is 0 Å². The van der Waals surface area contributed by atoms with Gasteiger partial charge < -0.3 is 4.52 Å². The lowest BCUT2D eigenvalue weighted by molar-refractivity contribution is -0.0322. The second-order valence-electron chi connectivity index (χ2n) is 2.52. The zero-order valence-electron chi connectivity index (χ0n) is 6.71. The van der Waals surface area contributed by atoms with Crippen LogP contribution in [0.5, 0.6) is 0 Å². The quantitative estimate of drug-likeness (QED) is 0.655. The summed E-state index contributed by atoms with van der Waals surface area (Å²) in [5.74, 6) is 0. The molecule has 2 atom stereocenters. The van der Waals surface area contributed by atoms with Crippen LogP contribution >= 0.6 is 18.2 Å². The summed E-state index contributed by atoms with van der Waals surface area (Å²) >= 11 is -0.705. The smallest absolute Gasteiger partial charge is 0.300 e. The first kappa shape index (κ1) is 11.4. The third kappa shape index (κ3) is 3.89. The molecule has 0 unspecified atom stereocenters. The SMILES string of the molecule is C[C@H]1CCO[P@](=O)(SC(F)(F)F)O1. The monoisotopic (exact) mass is 236 g/mol. The van der Waals surface area contributed by atoms with Gasteiger partial charge in [0.25, 0.3) is 0 Å². The highest BCUT2D eigenvalue weighted by molar-refractivity contribution is 8.55. The highest BCUT2D eigenvalue weighted by Gasteiger charge is 2.45. The topological polar surface area (TPSA) is 35.5 Å². The molecule has 1 heterocycles.